The van der Waals surface area contributed by atoms with Crippen molar-refractivity contribution in [1.29, 1.82) is 0 Å². The number of halogens is 2. The Bertz CT molecular complexity index is 533. The lowest BCUT2D eigenvalue weighted by atomic mass is 10.2. The van der Waals surface area contributed by atoms with Crippen molar-refractivity contribution in [1.82, 2.24) is 0 Å². The predicted octanol–water partition coefficient (Wildman–Crippen LogP) is 3.01. The molecular weight excluding hydrogens is 223 g/mol. The van der Waals surface area contributed by atoms with Gasteiger partial charge in [0.15, 0.2) is 5.82 Å². The monoisotopic (exact) mass is 228 g/mol. The molecular formula is C10H6ClFO3. The molecule has 5 heteroatoms. The van der Waals surface area contributed by atoms with Crippen LogP contribution in [0.2, 0.25) is 5.02 Å². The molecule has 1 heterocycles. The summed E-state index contributed by atoms with van der Waals surface area (Å²) in [6.07, 6.45) is 0. The van der Waals surface area contributed by atoms with E-state index in [1.165, 1.54) is 25.3 Å². The molecule has 3 nitrogen and oxygen atoms in total. The van der Waals surface area contributed by atoms with E-state index >= 15 is 0 Å². The second-order valence-electron chi connectivity index (χ2n) is 2.88. The smallest absolute Gasteiger partial charge is 0.373 e. The van der Waals surface area contributed by atoms with E-state index in [-0.39, 0.29) is 21.8 Å². The number of hydrogen-bond acceptors (Lipinski definition) is 3. The van der Waals surface area contributed by atoms with Gasteiger partial charge in [-0.25, -0.2) is 9.18 Å². The van der Waals surface area contributed by atoms with E-state index in [4.69, 9.17) is 16.0 Å². The van der Waals surface area contributed by atoms with E-state index in [2.05, 4.69) is 4.74 Å². The number of esters is 1. The van der Waals surface area contributed by atoms with Crippen LogP contribution in [-0.4, -0.2) is 13.1 Å². The molecule has 0 saturated heterocycles. The third-order valence-corrected chi connectivity index (χ3v) is 2.27. The van der Waals surface area contributed by atoms with Gasteiger partial charge in [-0.05, 0) is 12.1 Å². The van der Waals surface area contributed by atoms with Crippen LogP contribution in [0, 0.1) is 5.82 Å². The van der Waals surface area contributed by atoms with Gasteiger partial charge in [0, 0.05) is 6.07 Å². The van der Waals surface area contributed by atoms with Crippen molar-refractivity contribution in [2.75, 3.05) is 7.11 Å². The summed E-state index contributed by atoms with van der Waals surface area (Å²) in [5, 5.41) is 0.155. The maximum atomic E-state index is 13.4. The van der Waals surface area contributed by atoms with Crippen molar-refractivity contribution in [3.8, 4) is 0 Å². The molecule has 2 rings (SSSR count). The molecule has 78 valence electrons. The minimum Gasteiger partial charge on any atom is -0.463 e. The number of hydrogen-bond donors (Lipinski definition) is 0. The molecule has 1 aromatic heterocycles. The molecule has 0 N–H and O–H groups in total. The average Bonchev–Trinajstić information content (AvgIpc) is 2.67. The SMILES string of the molecule is COC(=O)c1cc2c(F)c(Cl)ccc2o1. The molecule has 0 amide bonds. The van der Waals surface area contributed by atoms with Gasteiger partial charge in [0.2, 0.25) is 5.76 Å². The summed E-state index contributed by atoms with van der Waals surface area (Å²) >= 11 is 5.58. The van der Waals surface area contributed by atoms with Crippen LogP contribution in [0.15, 0.2) is 22.6 Å². The summed E-state index contributed by atoms with van der Waals surface area (Å²) in [7, 11) is 1.22. The third kappa shape index (κ3) is 1.57. The van der Waals surface area contributed by atoms with Crippen LogP contribution >= 0.6 is 11.6 Å². The summed E-state index contributed by atoms with van der Waals surface area (Å²) in [6.45, 7) is 0. The van der Waals surface area contributed by atoms with E-state index < -0.39 is 11.8 Å². The Morgan fingerprint density at radius 2 is 2.27 bits per heavy atom. The summed E-state index contributed by atoms with van der Waals surface area (Å²) < 4.78 is 23.0. The zero-order valence-electron chi connectivity index (χ0n) is 7.71. The molecule has 0 unspecified atom stereocenters. The molecule has 0 atom stereocenters. The number of furan rings is 1. The molecule has 0 spiro atoms. The first-order chi connectivity index (χ1) is 7.13. The standard InChI is InChI=1S/C10H6ClFO3/c1-14-10(13)8-4-5-7(15-8)3-2-6(11)9(5)12/h2-4H,1H3. The number of ether oxygens (including phenoxy) is 1. The maximum Gasteiger partial charge on any atom is 0.373 e. The number of carbonyl (C=O) groups excluding carboxylic acids is 1. The van der Waals surface area contributed by atoms with Crippen molar-refractivity contribution in [3.05, 3.63) is 34.8 Å². The molecule has 1 aromatic carbocycles. The van der Waals surface area contributed by atoms with Crippen LogP contribution < -0.4 is 0 Å². The Morgan fingerprint density at radius 3 is 2.93 bits per heavy atom. The Hall–Kier alpha value is -1.55. The minimum atomic E-state index is -0.651. The molecule has 0 radical (unpaired) electrons. The fourth-order valence-electron chi connectivity index (χ4n) is 1.25. The van der Waals surface area contributed by atoms with Crippen LogP contribution in [0.25, 0.3) is 11.0 Å². The van der Waals surface area contributed by atoms with E-state index in [1.807, 2.05) is 0 Å². The largest absolute Gasteiger partial charge is 0.463 e. The van der Waals surface area contributed by atoms with Crippen molar-refractivity contribution >= 4 is 28.5 Å². The van der Waals surface area contributed by atoms with Gasteiger partial charge >= 0.3 is 5.97 Å². The van der Waals surface area contributed by atoms with Gasteiger partial charge in [0.25, 0.3) is 0 Å². The first kappa shape index (κ1) is 9.98. The fourth-order valence-corrected chi connectivity index (χ4v) is 1.42. The van der Waals surface area contributed by atoms with Gasteiger partial charge in [-0.2, -0.15) is 0 Å². The van der Waals surface area contributed by atoms with Gasteiger partial charge in [-0.15, -0.1) is 0 Å². The first-order valence-corrected chi connectivity index (χ1v) is 4.47. The zero-order valence-corrected chi connectivity index (χ0v) is 8.47. The van der Waals surface area contributed by atoms with Crippen molar-refractivity contribution in [2.24, 2.45) is 0 Å². The zero-order chi connectivity index (χ0) is 11.0. The Labute approximate surface area is 89.4 Å². The van der Waals surface area contributed by atoms with Gasteiger partial charge in [0.1, 0.15) is 5.58 Å². The highest BCUT2D eigenvalue weighted by Gasteiger charge is 2.16. The van der Waals surface area contributed by atoms with Crippen molar-refractivity contribution in [3.63, 3.8) is 0 Å². The number of fused-ring (bicyclic) bond motifs is 1. The summed E-state index contributed by atoms with van der Waals surface area (Å²) in [4.78, 5) is 11.1. The molecule has 0 fully saturated rings. The molecule has 2 aromatic rings. The maximum absolute atomic E-state index is 13.4. The molecule has 0 aliphatic heterocycles. The highest BCUT2D eigenvalue weighted by Crippen LogP contribution is 2.27. The summed E-state index contributed by atoms with van der Waals surface area (Å²) in [6, 6.07) is 4.12. The Balaban J connectivity index is 2.66. The van der Waals surface area contributed by atoms with Gasteiger partial charge in [-0.3, -0.25) is 0 Å². The molecule has 15 heavy (non-hydrogen) atoms. The third-order valence-electron chi connectivity index (χ3n) is 1.97. The van der Waals surface area contributed by atoms with Crippen LogP contribution in [0.3, 0.4) is 0 Å². The lowest BCUT2D eigenvalue weighted by molar-refractivity contribution is 0.0567. The molecule has 0 saturated carbocycles. The lowest BCUT2D eigenvalue weighted by Gasteiger charge is -1.92. The first-order valence-electron chi connectivity index (χ1n) is 4.09. The lowest BCUT2D eigenvalue weighted by Crippen LogP contribution is -1.97. The average molecular weight is 229 g/mol. The number of carbonyl (C=O) groups is 1. The summed E-state index contributed by atoms with van der Waals surface area (Å²) in [5.41, 5.74) is 0.261. The van der Waals surface area contributed by atoms with E-state index in [0.717, 1.165) is 0 Å². The van der Waals surface area contributed by atoms with Crippen molar-refractivity contribution < 1.29 is 18.3 Å². The minimum absolute atomic E-state index is 0.0142. The second kappa shape index (κ2) is 3.55. The highest BCUT2D eigenvalue weighted by atomic mass is 35.5. The molecule has 0 aliphatic rings. The normalized spacial score (nSPS) is 10.6. The molecule has 0 aliphatic carbocycles. The van der Waals surface area contributed by atoms with Crippen LogP contribution in [0.5, 0.6) is 0 Å². The van der Waals surface area contributed by atoms with Gasteiger partial charge in [-0.1, -0.05) is 11.6 Å². The van der Waals surface area contributed by atoms with Crippen LogP contribution in [-0.2, 0) is 4.74 Å². The van der Waals surface area contributed by atoms with Crippen LogP contribution in [0.1, 0.15) is 10.6 Å². The Kier molecular flexibility index (Phi) is 2.36. The number of benzene rings is 1. The quantitative estimate of drug-likeness (QED) is 0.705. The van der Waals surface area contributed by atoms with Crippen LogP contribution in [0.4, 0.5) is 4.39 Å². The van der Waals surface area contributed by atoms with E-state index in [9.17, 15) is 9.18 Å². The topological polar surface area (TPSA) is 39.4 Å². The number of methoxy groups -OCH3 is 1. The fraction of sp³-hybridized carbons (Fsp3) is 0.100. The Morgan fingerprint density at radius 1 is 1.53 bits per heavy atom. The summed E-state index contributed by atoms with van der Waals surface area (Å²) in [5.74, 6) is -1.30. The molecule has 0 bridgehead atoms. The predicted molar refractivity (Wildman–Crippen MR) is 52.5 cm³/mol. The second-order valence-corrected chi connectivity index (χ2v) is 3.28. The van der Waals surface area contributed by atoms with E-state index in [0.29, 0.717) is 0 Å². The van der Waals surface area contributed by atoms with E-state index in [1.54, 1.807) is 0 Å². The number of rotatable bonds is 1. The van der Waals surface area contributed by atoms with Gasteiger partial charge in [0.05, 0.1) is 17.5 Å². The highest BCUT2D eigenvalue weighted by molar-refractivity contribution is 6.31. The van der Waals surface area contributed by atoms with Crippen molar-refractivity contribution in [2.45, 2.75) is 0 Å². The van der Waals surface area contributed by atoms with Gasteiger partial charge < -0.3 is 9.15 Å².